The lowest BCUT2D eigenvalue weighted by atomic mass is 9.84. The Morgan fingerprint density at radius 3 is 2.94 bits per heavy atom. The fourth-order valence-corrected chi connectivity index (χ4v) is 2.67. The van der Waals surface area contributed by atoms with Crippen LogP contribution in [0, 0.1) is 5.41 Å². The lowest BCUT2D eigenvalue weighted by Gasteiger charge is -2.23. The largest absolute Gasteiger partial charge is 0.481 e. The molecule has 0 amide bonds. The first-order valence-electron chi connectivity index (χ1n) is 5.95. The van der Waals surface area contributed by atoms with Gasteiger partial charge in [-0.1, -0.05) is 6.92 Å². The van der Waals surface area contributed by atoms with E-state index in [9.17, 15) is 9.90 Å². The molecule has 0 spiro atoms. The van der Waals surface area contributed by atoms with Crippen molar-refractivity contribution in [3.05, 3.63) is 12.4 Å². The number of carbonyl (C=O) groups is 1. The molecular formula is C12H17N3O2S. The Balaban J connectivity index is 2.19. The first-order valence-corrected chi connectivity index (χ1v) is 7.18. The smallest absolute Gasteiger partial charge is 0.311 e. The van der Waals surface area contributed by atoms with Gasteiger partial charge in [-0.25, -0.2) is 9.97 Å². The van der Waals surface area contributed by atoms with Crippen molar-refractivity contribution >= 4 is 23.5 Å². The van der Waals surface area contributed by atoms with Gasteiger partial charge in [0.25, 0.3) is 0 Å². The van der Waals surface area contributed by atoms with E-state index < -0.39 is 11.4 Å². The molecule has 18 heavy (non-hydrogen) atoms. The molecule has 1 aromatic heterocycles. The second-order valence-electron chi connectivity index (χ2n) is 4.53. The van der Waals surface area contributed by atoms with Crippen LogP contribution < -0.4 is 4.90 Å². The summed E-state index contributed by atoms with van der Waals surface area (Å²) in [6.45, 7) is 3.21. The van der Waals surface area contributed by atoms with Crippen LogP contribution in [0.4, 0.5) is 5.82 Å². The van der Waals surface area contributed by atoms with E-state index in [1.807, 2.05) is 24.1 Å². The highest BCUT2D eigenvalue weighted by Gasteiger charge is 2.43. The highest BCUT2D eigenvalue weighted by atomic mass is 32.2. The van der Waals surface area contributed by atoms with E-state index in [1.165, 1.54) is 6.33 Å². The van der Waals surface area contributed by atoms with E-state index in [2.05, 4.69) is 9.97 Å². The summed E-state index contributed by atoms with van der Waals surface area (Å²) in [7, 11) is 0. The van der Waals surface area contributed by atoms with Gasteiger partial charge in [0.05, 0.1) is 5.41 Å². The molecule has 1 atom stereocenters. The van der Waals surface area contributed by atoms with Crippen molar-refractivity contribution in [2.75, 3.05) is 24.2 Å². The lowest BCUT2D eigenvalue weighted by Crippen LogP contribution is -2.34. The molecule has 1 unspecified atom stereocenters. The summed E-state index contributed by atoms with van der Waals surface area (Å²) in [5.74, 6) is 0.123. The number of nitrogens with zero attached hydrogens (tertiary/aromatic N) is 3. The average Bonchev–Trinajstić information content (AvgIpc) is 2.84. The molecule has 98 valence electrons. The molecule has 5 nitrogen and oxygen atoms in total. The second kappa shape index (κ2) is 5.14. The van der Waals surface area contributed by atoms with Crippen molar-refractivity contribution < 1.29 is 9.90 Å². The molecular weight excluding hydrogens is 250 g/mol. The van der Waals surface area contributed by atoms with Gasteiger partial charge in [-0.15, -0.1) is 11.8 Å². The van der Waals surface area contributed by atoms with E-state index >= 15 is 0 Å². The number of thioether (sulfide) groups is 1. The quantitative estimate of drug-likeness (QED) is 0.664. The van der Waals surface area contributed by atoms with Gasteiger partial charge in [0.15, 0.2) is 0 Å². The number of hydrogen-bond donors (Lipinski definition) is 1. The monoisotopic (exact) mass is 267 g/mol. The highest BCUT2D eigenvalue weighted by molar-refractivity contribution is 7.98. The van der Waals surface area contributed by atoms with Crippen molar-refractivity contribution in [1.82, 2.24) is 9.97 Å². The summed E-state index contributed by atoms with van der Waals surface area (Å²) in [6.07, 6.45) is 4.83. The van der Waals surface area contributed by atoms with Crippen LogP contribution in [0.15, 0.2) is 17.4 Å². The Morgan fingerprint density at radius 1 is 1.61 bits per heavy atom. The van der Waals surface area contributed by atoms with Gasteiger partial charge < -0.3 is 10.0 Å². The van der Waals surface area contributed by atoms with Crippen molar-refractivity contribution in [3.63, 3.8) is 0 Å². The van der Waals surface area contributed by atoms with Gasteiger partial charge in [-0.3, -0.25) is 4.79 Å². The van der Waals surface area contributed by atoms with Crippen molar-refractivity contribution in [2.24, 2.45) is 5.41 Å². The molecule has 0 aliphatic carbocycles. The molecule has 1 N–H and O–H groups in total. The predicted molar refractivity (Wildman–Crippen MR) is 71.0 cm³/mol. The topological polar surface area (TPSA) is 66.3 Å². The Kier molecular flexibility index (Phi) is 3.75. The zero-order chi connectivity index (χ0) is 13.2. The zero-order valence-electron chi connectivity index (χ0n) is 10.6. The molecule has 0 saturated carbocycles. The normalized spacial score (nSPS) is 23.3. The molecule has 1 saturated heterocycles. The van der Waals surface area contributed by atoms with E-state index in [1.54, 1.807) is 11.8 Å². The van der Waals surface area contributed by atoms with Gasteiger partial charge in [-0.2, -0.15) is 0 Å². The number of hydrogen-bond acceptors (Lipinski definition) is 5. The van der Waals surface area contributed by atoms with Crippen LogP contribution in [0.3, 0.4) is 0 Å². The molecule has 0 bridgehead atoms. The molecule has 0 aromatic carbocycles. The standard InChI is InChI=1S/C12H17N3O2S/c1-3-12(11(16)17)4-5-15(7-12)9-6-10(18-2)14-8-13-9/h6,8H,3-5,7H2,1-2H3,(H,16,17). The summed E-state index contributed by atoms with van der Waals surface area (Å²) >= 11 is 1.56. The number of anilines is 1. The van der Waals surface area contributed by atoms with Gasteiger partial charge >= 0.3 is 5.97 Å². The summed E-state index contributed by atoms with van der Waals surface area (Å²) in [6, 6.07) is 1.91. The maximum Gasteiger partial charge on any atom is 0.311 e. The molecule has 6 heteroatoms. The van der Waals surface area contributed by atoms with Gasteiger partial charge in [0.2, 0.25) is 0 Å². The van der Waals surface area contributed by atoms with Crippen LogP contribution in [0.25, 0.3) is 0 Å². The Labute approximate surface area is 111 Å². The van der Waals surface area contributed by atoms with Crippen LogP contribution in [0.5, 0.6) is 0 Å². The minimum Gasteiger partial charge on any atom is -0.481 e. The van der Waals surface area contributed by atoms with Crippen LogP contribution in [0.2, 0.25) is 0 Å². The molecule has 2 heterocycles. The number of rotatable bonds is 4. The third kappa shape index (κ3) is 2.29. The molecule has 1 aliphatic heterocycles. The lowest BCUT2D eigenvalue weighted by molar-refractivity contribution is -0.147. The number of carboxylic acids is 1. The van der Waals surface area contributed by atoms with Gasteiger partial charge in [-0.05, 0) is 19.1 Å². The van der Waals surface area contributed by atoms with Crippen LogP contribution >= 0.6 is 11.8 Å². The minimum atomic E-state index is -0.702. The minimum absolute atomic E-state index is 0.531. The maximum atomic E-state index is 11.4. The van der Waals surface area contributed by atoms with Crippen LogP contribution in [-0.2, 0) is 4.79 Å². The van der Waals surface area contributed by atoms with Gasteiger partial charge in [0.1, 0.15) is 17.2 Å². The fourth-order valence-electron chi connectivity index (χ4n) is 2.30. The third-order valence-electron chi connectivity index (χ3n) is 3.64. The Hall–Kier alpha value is -1.30. The number of aromatic nitrogens is 2. The van der Waals surface area contributed by atoms with E-state index in [-0.39, 0.29) is 0 Å². The summed E-state index contributed by atoms with van der Waals surface area (Å²) in [5, 5.41) is 10.3. The predicted octanol–water partition coefficient (Wildman–Crippen LogP) is 1.89. The van der Waals surface area contributed by atoms with Gasteiger partial charge in [0, 0.05) is 19.2 Å². The fraction of sp³-hybridized carbons (Fsp3) is 0.583. The maximum absolute atomic E-state index is 11.4. The Bertz CT molecular complexity index is 455. The third-order valence-corrected chi connectivity index (χ3v) is 4.29. The first kappa shape index (κ1) is 13.1. The summed E-state index contributed by atoms with van der Waals surface area (Å²) in [4.78, 5) is 21.8. The molecule has 2 rings (SSSR count). The average molecular weight is 267 g/mol. The molecule has 1 aromatic rings. The molecule has 1 aliphatic rings. The zero-order valence-corrected chi connectivity index (χ0v) is 11.4. The number of aliphatic carboxylic acids is 1. The van der Waals surface area contributed by atoms with Crippen LogP contribution in [-0.4, -0.2) is 40.4 Å². The second-order valence-corrected chi connectivity index (χ2v) is 5.36. The van der Waals surface area contributed by atoms with Crippen molar-refractivity contribution in [1.29, 1.82) is 0 Å². The van der Waals surface area contributed by atoms with E-state index in [0.29, 0.717) is 19.4 Å². The molecule has 0 radical (unpaired) electrons. The summed E-state index contributed by atoms with van der Waals surface area (Å²) < 4.78 is 0. The first-order chi connectivity index (χ1) is 8.61. The van der Waals surface area contributed by atoms with Crippen molar-refractivity contribution in [2.45, 2.75) is 24.8 Å². The Morgan fingerprint density at radius 2 is 2.39 bits per heavy atom. The highest BCUT2D eigenvalue weighted by Crippen LogP contribution is 2.36. The SMILES string of the molecule is CCC1(C(=O)O)CCN(c2cc(SC)ncn2)C1. The van der Waals surface area contributed by atoms with E-state index in [0.717, 1.165) is 17.4 Å². The van der Waals surface area contributed by atoms with Crippen LogP contribution in [0.1, 0.15) is 19.8 Å². The van der Waals surface area contributed by atoms with E-state index in [4.69, 9.17) is 0 Å². The number of carboxylic acid groups (broad SMARTS) is 1. The van der Waals surface area contributed by atoms with Crippen molar-refractivity contribution in [3.8, 4) is 0 Å². The summed E-state index contributed by atoms with van der Waals surface area (Å²) in [5.41, 5.74) is -0.621. The molecule has 1 fully saturated rings.